The van der Waals surface area contributed by atoms with Gasteiger partial charge in [0.05, 0.1) is 24.4 Å². The van der Waals surface area contributed by atoms with Crippen LogP contribution in [0.5, 0.6) is 0 Å². The fraction of sp³-hybridized carbons (Fsp3) is 0.586. The summed E-state index contributed by atoms with van der Waals surface area (Å²) >= 11 is 0. The Morgan fingerprint density at radius 2 is 2.03 bits per heavy atom. The molecule has 6 rings (SSSR count). The first kappa shape index (κ1) is 25.1. The van der Waals surface area contributed by atoms with Crippen molar-refractivity contribution >= 4 is 23.2 Å². The third kappa shape index (κ3) is 4.83. The molecule has 4 aliphatic heterocycles. The van der Waals surface area contributed by atoms with E-state index in [0.29, 0.717) is 34.2 Å². The van der Waals surface area contributed by atoms with Crippen molar-refractivity contribution in [3.8, 4) is 6.07 Å². The molecule has 38 heavy (non-hydrogen) atoms. The Kier molecular flexibility index (Phi) is 6.93. The minimum atomic E-state index is -0.132. The van der Waals surface area contributed by atoms with Crippen LogP contribution in [0.2, 0.25) is 0 Å². The molecule has 1 unspecified atom stereocenters. The summed E-state index contributed by atoms with van der Waals surface area (Å²) in [6.07, 6.45) is 9.04. The fourth-order valence-corrected chi connectivity index (χ4v) is 6.29. The van der Waals surface area contributed by atoms with Gasteiger partial charge in [-0.1, -0.05) is 6.92 Å². The third-order valence-electron chi connectivity index (χ3n) is 8.83. The number of nitrogens with zero attached hydrogens (tertiary/aromatic N) is 5. The molecular weight excluding hydrogens is 478 g/mol. The van der Waals surface area contributed by atoms with Crippen LogP contribution in [0.1, 0.15) is 74.6 Å². The average molecular weight is 516 g/mol. The van der Waals surface area contributed by atoms with Crippen LogP contribution in [0.15, 0.2) is 24.4 Å². The zero-order valence-corrected chi connectivity index (χ0v) is 22.2. The summed E-state index contributed by atoms with van der Waals surface area (Å²) in [6.45, 7) is 7.26. The topological polar surface area (TPSA) is 110 Å². The molecule has 1 aromatic heterocycles. The van der Waals surface area contributed by atoms with Gasteiger partial charge in [-0.25, -0.2) is 9.97 Å². The molecule has 2 N–H and O–H groups in total. The van der Waals surface area contributed by atoms with Crippen molar-refractivity contribution in [3.05, 3.63) is 41.2 Å². The van der Waals surface area contributed by atoms with Crippen molar-refractivity contribution in [1.29, 1.82) is 10.7 Å². The van der Waals surface area contributed by atoms with Gasteiger partial charge in [0.25, 0.3) is 0 Å². The number of benzene rings is 1. The summed E-state index contributed by atoms with van der Waals surface area (Å²) in [5.74, 6) is 2.11. The van der Waals surface area contributed by atoms with E-state index in [1.165, 1.54) is 0 Å². The van der Waals surface area contributed by atoms with E-state index in [1.807, 2.05) is 29.3 Å². The van der Waals surface area contributed by atoms with Crippen molar-refractivity contribution < 1.29 is 9.47 Å². The lowest BCUT2D eigenvalue weighted by molar-refractivity contribution is 0.0340. The first-order chi connectivity index (χ1) is 18.5. The predicted molar refractivity (Wildman–Crippen MR) is 147 cm³/mol. The molecule has 9 nitrogen and oxygen atoms in total. The molecular formula is C29H37N7O2. The first-order valence-corrected chi connectivity index (χ1v) is 14.0. The van der Waals surface area contributed by atoms with Crippen LogP contribution in [0.25, 0.3) is 0 Å². The van der Waals surface area contributed by atoms with Crippen LogP contribution in [0, 0.1) is 22.2 Å². The fourth-order valence-electron chi connectivity index (χ4n) is 6.29. The molecule has 1 spiro atoms. The van der Waals surface area contributed by atoms with Crippen LogP contribution in [0.3, 0.4) is 0 Å². The highest BCUT2D eigenvalue weighted by molar-refractivity contribution is 6.10. The Bertz CT molecular complexity index is 1220. The van der Waals surface area contributed by atoms with E-state index in [0.717, 1.165) is 101 Å². The maximum absolute atomic E-state index is 9.41. The molecule has 0 aliphatic carbocycles. The summed E-state index contributed by atoms with van der Waals surface area (Å²) in [7, 11) is 0. The maximum atomic E-state index is 9.41. The summed E-state index contributed by atoms with van der Waals surface area (Å²) in [6, 6.07) is 8.01. The van der Waals surface area contributed by atoms with Gasteiger partial charge >= 0.3 is 0 Å². The second-order valence-electron chi connectivity index (χ2n) is 11.3. The Morgan fingerprint density at radius 3 is 2.76 bits per heavy atom. The zero-order valence-electron chi connectivity index (χ0n) is 22.2. The van der Waals surface area contributed by atoms with Crippen molar-refractivity contribution in [2.24, 2.45) is 5.41 Å². The largest absolute Gasteiger partial charge is 0.381 e. The number of nitrogens with one attached hydrogen (secondary N) is 2. The summed E-state index contributed by atoms with van der Waals surface area (Å²) in [5, 5.41) is 22.2. The van der Waals surface area contributed by atoms with Crippen molar-refractivity contribution in [2.75, 3.05) is 54.6 Å². The molecule has 0 amide bonds. The molecule has 0 saturated carbocycles. The summed E-state index contributed by atoms with van der Waals surface area (Å²) < 4.78 is 11.7. The number of aromatic nitrogens is 2. The smallest absolute Gasteiger partial charge is 0.160 e. The van der Waals surface area contributed by atoms with Crippen molar-refractivity contribution in [3.63, 3.8) is 0 Å². The van der Waals surface area contributed by atoms with Crippen LogP contribution in [0.4, 0.5) is 17.3 Å². The molecule has 0 bridgehead atoms. The minimum Gasteiger partial charge on any atom is -0.381 e. The normalized spacial score (nSPS) is 24.6. The number of amidine groups is 1. The zero-order chi connectivity index (χ0) is 26.1. The van der Waals surface area contributed by atoms with E-state index in [2.05, 4.69) is 23.2 Å². The SMILES string of the molecule is C[C@H]1CCN(C(=N)c2ncc(N3CCC4(CCOC4)CC3)nc2NC2CCCCO2)c2ccc(C#N)cc21. The van der Waals surface area contributed by atoms with Crippen LogP contribution >= 0.6 is 0 Å². The van der Waals surface area contributed by atoms with Gasteiger partial charge in [0.1, 0.15) is 17.7 Å². The number of piperidine rings is 1. The monoisotopic (exact) mass is 515 g/mol. The molecule has 0 radical (unpaired) electrons. The number of hydrogen-bond acceptors (Lipinski definition) is 8. The van der Waals surface area contributed by atoms with Gasteiger partial charge in [-0.05, 0) is 80.0 Å². The molecule has 9 heteroatoms. The standard InChI is InChI=1S/C29H37N7O2/c1-20-7-11-36(23-6-5-21(17-30)16-22(20)23)27(31)26-28(34-25-4-2-3-14-38-25)33-24(18-32-26)35-12-8-29(9-13-35)10-15-37-19-29/h5-6,16,18,20,25,31H,2-4,7-15,19H2,1H3,(H,33,34)/t20-,25?/m0/s1. The van der Waals surface area contributed by atoms with Gasteiger partial charge in [-0.3, -0.25) is 5.41 Å². The lowest BCUT2D eigenvalue weighted by Gasteiger charge is -2.39. The molecule has 2 aromatic rings. The van der Waals surface area contributed by atoms with E-state index in [4.69, 9.17) is 19.4 Å². The first-order valence-electron chi connectivity index (χ1n) is 14.0. The highest BCUT2D eigenvalue weighted by Crippen LogP contribution is 2.40. The molecule has 3 saturated heterocycles. The lowest BCUT2D eigenvalue weighted by atomic mass is 9.78. The molecule has 2 atom stereocenters. The average Bonchev–Trinajstić information content (AvgIpc) is 3.41. The number of hydrogen-bond donors (Lipinski definition) is 2. The Balaban J connectivity index is 1.29. The van der Waals surface area contributed by atoms with Gasteiger partial charge in [0.15, 0.2) is 11.7 Å². The second-order valence-corrected chi connectivity index (χ2v) is 11.3. The van der Waals surface area contributed by atoms with E-state index in [1.54, 1.807) is 0 Å². The van der Waals surface area contributed by atoms with Gasteiger partial charge in [0, 0.05) is 38.5 Å². The Labute approximate surface area is 224 Å². The highest BCUT2D eigenvalue weighted by Gasteiger charge is 2.38. The van der Waals surface area contributed by atoms with Gasteiger partial charge in [0.2, 0.25) is 0 Å². The van der Waals surface area contributed by atoms with E-state index in [9.17, 15) is 10.7 Å². The third-order valence-corrected chi connectivity index (χ3v) is 8.83. The lowest BCUT2D eigenvalue weighted by Crippen LogP contribution is -2.41. The molecule has 200 valence electrons. The van der Waals surface area contributed by atoms with Crippen LogP contribution in [-0.4, -0.2) is 61.5 Å². The maximum Gasteiger partial charge on any atom is 0.160 e. The number of ether oxygens (including phenoxy) is 2. The van der Waals surface area contributed by atoms with E-state index < -0.39 is 0 Å². The van der Waals surface area contributed by atoms with Gasteiger partial charge in [-0.15, -0.1) is 0 Å². The van der Waals surface area contributed by atoms with Crippen molar-refractivity contribution in [2.45, 2.75) is 64.0 Å². The summed E-state index contributed by atoms with van der Waals surface area (Å²) in [5.41, 5.74) is 3.59. The van der Waals surface area contributed by atoms with E-state index >= 15 is 0 Å². The minimum absolute atomic E-state index is 0.132. The molecule has 3 fully saturated rings. The van der Waals surface area contributed by atoms with Gasteiger partial charge < -0.3 is 24.6 Å². The van der Waals surface area contributed by atoms with Crippen molar-refractivity contribution in [1.82, 2.24) is 9.97 Å². The quantitative estimate of drug-likeness (QED) is 0.448. The highest BCUT2D eigenvalue weighted by atomic mass is 16.5. The molecule has 5 heterocycles. The molecule has 4 aliphatic rings. The van der Waals surface area contributed by atoms with Crippen LogP contribution < -0.4 is 15.1 Å². The second kappa shape index (κ2) is 10.5. The predicted octanol–water partition coefficient (Wildman–Crippen LogP) is 4.63. The van der Waals surface area contributed by atoms with Gasteiger partial charge in [-0.2, -0.15) is 5.26 Å². The molecule has 1 aromatic carbocycles. The number of anilines is 3. The Morgan fingerprint density at radius 1 is 1.16 bits per heavy atom. The number of rotatable bonds is 4. The number of fused-ring (bicyclic) bond motifs is 1. The number of nitriles is 1. The van der Waals surface area contributed by atoms with E-state index in [-0.39, 0.29) is 6.23 Å². The van der Waals surface area contributed by atoms with Crippen LogP contribution in [-0.2, 0) is 9.47 Å². The Hall–Kier alpha value is -3.22. The summed E-state index contributed by atoms with van der Waals surface area (Å²) in [4.78, 5) is 14.2.